The zero-order chi connectivity index (χ0) is 22.5. The second kappa shape index (κ2) is 9.65. The molecule has 0 amide bonds. The van der Waals surface area contributed by atoms with Crippen molar-refractivity contribution in [2.45, 2.75) is 25.8 Å². The van der Waals surface area contributed by atoms with Crippen LogP contribution < -0.4 is 15.2 Å². The Bertz CT molecular complexity index is 1290. The standard InChI is InChI=1S/C26H24N4O3/c31-26-29-24(32-14-15-33-25-18-27-11-12-28-25)17-23-22-9-8-20(16-21(22)10-13-30(23)26)7-6-19-4-2-1-3-5-19/h1-5,8-9,11-12,16-18H,6-7,10,13-15H2. The largest absolute Gasteiger partial charge is 0.474 e. The van der Waals surface area contributed by atoms with E-state index in [1.165, 1.54) is 22.9 Å². The van der Waals surface area contributed by atoms with Crippen molar-refractivity contribution in [3.05, 3.63) is 100 Å². The van der Waals surface area contributed by atoms with Gasteiger partial charge >= 0.3 is 5.69 Å². The van der Waals surface area contributed by atoms with E-state index in [4.69, 9.17) is 9.47 Å². The van der Waals surface area contributed by atoms with Gasteiger partial charge in [-0.2, -0.15) is 4.98 Å². The van der Waals surface area contributed by atoms with Crippen LogP contribution in [0.15, 0.2) is 78.0 Å². The lowest BCUT2D eigenvalue weighted by molar-refractivity contribution is 0.205. The van der Waals surface area contributed by atoms with Crippen molar-refractivity contribution in [3.63, 3.8) is 0 Å². The molecule has 0 unspecified atom stereocenters. The summed E-state index contributed by atoms with van der Waals surface area (Å²) >= 11 is 0. The number of hydrogen-bond donors (Lipinski definition) is 0. The van der Waals surface area contributed by atoms with Crippen LogP contribution in [0.3, 0.4) is 0 Å². The number of hydrogen-bond acceptors (Lipinski definition) is 6. The number of aryl methyl sites for hydroxylation is 3. The summed E-state index contributed by atoms with van der Waals surface area (Å²) in [5, 5.41) is 0. The third-order valence-electron chi connectivity index (χ3n) is 5.71. The van der Waals surface area contributed by atoms with Crippen molar-refractivity contribution in [2.75, 3.05) is 13.2 Å². The van der Waals surface area contributed by atoms with Crippen molar-refractivity contribution >= 4 is 0 Å². The number of aromatic nitrogens is 4. The molecule has 0 bridgehead atoms. The highest BCUT2D eigenvalue weighted by molar-refractivity contribution is 5.67. The molecular formula is C26H24N4O3. The summed E-state index contributed by atoms with van der Waals surface area (Å²) in [5.41, 5.74) is 5.50. The van der Waals surface area contributed by atoms with Crippen LogP contribution in [-0.2, 0) is 25.8 Å². The molecule has 1 aliphatic rings. The molecule has 4 aromatic rings. The van der Waals surface area contributed by atoms with E-state index in [2.05, 4.69) is 57.4 Å². The maximum atomic E-state index is 12.6. The van der Waals surface area contributed by atoms with Gasteiger partial charge in [0.1, 0.15) is 13.2 Å². The second-order valence-corrected chi connectivity index (χ2v) is 7.88. The Kier molecular flexibility index (Phi) is 6.10. The van der Waals surface area contributed by atoms with Crippen molar-refractivity contribution in [1.29, 1.82) is 0 Å². The van der Waals surface area contributed by atoms with E-state index in [0.717, 1.165) is 30.5 Å². The maximum Gasteiger partial charge on any atom is 0.351 e. The van der Waals surface area contributed by atoms with E-state index in [0.29, 0.717) is 18.3 Å². The average molecular weight is 441 g/mol. The molecule has 7 heteroatoms. The molecule has 0 aliphatic carbocycles. The summed E-state index contributed by atoms with van der Waals surface area (Å²) < 4.78 is 12.9. The van der Waals surface area contributed by atoms with Gasteiger partial charge in [0, 0.05) is 30.6 Å². The summed E-state index contributed by atoms with van der Waals surface area (Å²) in [6.07, 6.45) is 7.49. The van der Waals surface area contributed by atoms with E-state index >= 15 is 0 Å². The van der Waals surface area contributed by atoms with E-state index in [1.807, 2.05) is 12.1 Å². The summed E-state index contributed by atoms with van der Waals surface area (Å²) in [4.78, 5) is 24.7. The molecule has 0 saturated heterocycles. The highest BCUT2D eigenvalue weighted by Crippen LogP contribution is 2.30. The van der Waals surface area contributed by atoms with E-state index in [1.54, 1.807) is 17.0 Å². The highest BCUT2D eigenvalue weighted by atomic mass is 16.5. The van der Waals surface area contributed by atoms with E-state index < -0.39 is 0 Å². The molecule has 33 heavy (non-hydrogen) atoms. The summed E-state index contributed by atoms with van der Waals surface area (Å²) in [6, 6.07) is 18.9. The molecule has 0 N–H and O–H groups in total. The van der Waals surface area contributed by atoms with Crippen LogP contribution in [0, 0.1) is 0 Å². The summed E-state index contributed by atoms with van der Waals surface area (Å²) in [7, 11) is 0. The van der Waals surface area contributed by atoms with Gasteiger partial charge in [0.15, 0.2) is 0 Å². The van der Waals surface area contributed by atoms with Crippen LogP contribution in [0.25, 0.3) is 11.3 Å². The first-order valence-electron chi connectivity index (χ1n) is 11.1. The fourth-order valence-corrected chi connectivity index (χ4v) is 4.08. The van der Waals surface area contributed by atoms with Gasteiger partial charge in [0.05, 0.1) is 11.9 Å². The zero-order valence-corrected chi connectivity index (χ0v) is 18.2. The Hall–Kier alpha value is -4.00. The molecule has 0 atom stereocenters. The molecular weight excluding hydrogens is 416 g/mol. The van der Waals surface area contributed by atoms with Crippen molar-refractivity contribution in [3.8, 4) is 23.0 Å². The Labute approximate surface area is 191 Å². The maximum absolute atomic E-state index is 12.6. The van der Waals surface area contributed by atoms with E-state index in [-0.39, 0.29) is 18.9 Å². The third-order valence-corrected chi connectivity index (χ3v) is 5.71. The molecule has 7 nitrogen and oxygen atoms in total. The van der Waals surface area contributed by atoms with Gasteiger partial charge in [-0.3, -0.25) is 9.55 Å². The van der Waals surface area contributed by atoms with Crippen molar-refractivity contribution < 1.29 is 9.47 Å². The van der Waals surface area contributed by atoms with Crippen LogP contribution in [0.2, 0.25) is 0 Å². The lowest BCUT2D eigenvalue weighted by Crippen LogP contribution is -2.29. The van der Waals surface area contributed by atoms with Gasteiger partial charge in [0.2, 0.25) is 11.8 Å². The van der Waals surface area contributed by atoms with Crippen LogP contribution >= 0.6 is 0 Å². The van der Waals surface area contributed by atoms with Crippen molar-refractivity contribution in [1.82, 2.24) is 19.5 Å². The molecule has 2 aromatic carbocycles. The monoisotopic (exact) mass is 440 g/mol. The fourth-order valence-electron chi connectivity index (χ4n) is 4.08. The van der Waals surface area contributed by atoms with Gasteiger partial charge in [-0.05, 0) is 36.0 Å². The molecule has 0 fully saturated rings. The summed E-state index contributed by atoms with van der Waals surface area (Å²) in [5.74, 6) is 0.728. The third kappa shape index (κ3) is 4.92. The second-order valence-electron chi connectivity index (χ2n) is 7.88. The minimum atomic E-state index is -0.295. The molecule has 166 valence electrons. The minimum Gasteiger partial charge on any atom is -0.474 e. The molecule has 0 spiro atoms. The van der Waals surface area contributed by atoms with Crippen LogP contribution in [0.1, 0.15) is 16.7 Å². The lowest BCUT2D eigenvalue weighted by atomic mass is 9.93. The quantitative estimate of drug-likeness (QED) is 0.390. The summed E-state index contributed by atoms with van der Waals surface area (Å²) in [6.45, 7) is 1.14. The normalized spacial score (nSPS) is 12.0. The number of rotatable bonds is 8. The molecule has 0 saturated carbocycles. The molecule has 1 aliphatic heterocycles. The van der Waals surface area contributed by atoms with Gasteiger partial charge in [-0.1, -0.05) is 48.5 Å². The number of fused-ring (bicyclic) bond motifs is 3. The SMILES string of the molecule is O=c1nc(OCCOc2cnccn2)cc2n1CCc1cc(CCc3ccccc3)ccc1-2. The van der Waals surface area contributed by atoms with Gasteiger partial charge < -0.3 is 9.47 Å². The van der Waals surface area contributed by atoms with Crippen LogP contribution in [0.5, 0.6) is 11.8 Å². The number of nitrogens with zero attached hydrogens (tertiary/aromatic N) is 4. The Balaban J connectivity index is 1.28. The van der Waals surface area contributed by atoms with Gasteiger partial charge in [0.25, 0.3) is 0 Å². The first kappa shape index (κ1) is 20.9. The Morgan fingerprint density at radius 1 is 0.879 bits per heavy atom. The Morgan fingerprint density at radius 3 is 2.52 bits per heavy atom. The molecule has 0 radical (unpaired) electrons. The van der Waals surface area contributed by atoms with E-state index in [9.17, 15) is 4.79 Å². The van der Waals surface area contributed by atoms with Crippen LogP contribution in [0.4, 0.5) is 0 Å². The van der Waals surface area contributed by atoms with Crippen LogP contribution in [-0.4, -0.2) is 32.7 Å². The zero-order valence-electron chi connectivity index (χ0n) is 18.2. The predicted octanol–water partition coefficient (Wildman–Crippen LogP) is 3.50. The van der Waals surface area contributed by atoms with Gasteiger partial charge in [-0.25, -0.2) is 9.78 Å². The minimum absolute atomic E-state index is 0.248. The predicted molar refractivity (Wildman–Crippen MR) is 125 cm³/mol. The first-order chi connectivity index (χ1) is 16.3. The molecule has 3 heterocycles. The fraction of sp³-hybridized carbons (Fsp3) is 0.231. The molecule has 5 rings (SSSR count). The smallest absolute Gasteiger partial charge is 0.351 e. The van der Waals surface area contributed by atoms with Gasteiger partial charge in [-0.15, -0.1) is 0 Å². The first-order valence-corrected chi connectivity index (χ1v) is 11.1. The topological polar surface area (TPSA) is 79.1 Å². The van der Waals surface area contributed by atoms with Crippen molar-refractivity contribution in [2.24, 2.45) is 0 Å². The average Bonchev–Trinajstić information content (AvgIpc) is 2.86. The number of benzene rings is 2. The molecule has 2 aromatic heterocycles. The number of ether oxygens (including phenoxy) is 2. The Morgan fingerprint density at radius 2 is 1.70 bits per heavy atom. The highest BCUT2D eigenvalue weighted by Gasteiger charge is 2.19. The lowest BCUT2D eigenvalue weighted by Gasteiger charge is -2.22.